The van der Waals surface area contributed by atoms with Crippen LogP contribution in [0.5, 0.6) is 0 Å². The van der Waals surface area contributed by atoms with Gasteiger partial charge in [-0.15, -0.1) is 0 Å². The van der Waals surface area contributed by atoms with E-state index in [0.717, 1.165) is 24.9 Å². The quantitative estimate of drug-likeness (QED) is 0.867. The van der Waals surface area contributed by atoms with E-state index in [0.29, 0.717) is 12.5 Å². The molecule has 2 heterocycles. The van der Waals surface area contributed by atoms with E-state index >= 15 is 0 Å². The van der Waals surface area contributed by atoms with E-state index < -0.39 is 0 Å². The van der Waals surface area contributed by atoms with Gasteiger partial charge < -0.3 is 4.90 Å². The maximum atomic E-state index is 12.7. The summed E-state index contributed by atoms with van der Waals surface area (Å²) in [6, 6.07) is 14.1. The van der Waals surface area contributed by atoms with Crippen molar-refractivity contribution in [2.24, 2.45) is 5.92 Å². The van der Waals surface area contributed by atoms with Crippen molar-refractivity contribution in [2.75, 3.05) is 6.54 Å². The molecule has 1 aromatic carbocycles. The van der Waals surface area contributed by atoms with E-state index in [1.165, 1.54) is 18.4 Å². The van der Waals surface area contributed by atoms with Crippen LogP contribution in [0, 0.1) is 5.92 Å². The summed E-state index contributed by atoms with van der Waals surface area (Å²) in [4.78, 5) is 24.1. The molecule has 1 saturated carbocycles. The highest BCUT2D eigenvalue weighted by atomic mass is 16.7. The van der Waals surface area contributed by atoms with Gasteiger partial charge >= 0.3 is 6.03 Å². The number of rotatable bonds is 4. The van der Waals surface area contributed by atoms with Gasteiger partial charge in [0.2, 0.25) is 0 Å². The summed E-state index contributed by atoms with van der Waals surface area (Å²) in [7, 11) is 0. The normalized spacial score (nSPS) is 25.0. The number of fused-ring (bicyclic) bond motifs is 1. The fourth-order valence-corrected chi connectivity index (χ4v) is 4.34. The number of aromatic nitrogens is 1. The van der Waals surface area contributed by atoms with Crippen molar-refractivity contribution in [1.82, 2.24) is 15.4 Å². The number of hydrogen-bond acceptors (Lipinski definition) is 3. The average Bonchev–Trinajstić information content (AvgIpc) is 2.64. The first-order valence-electron chi connectivity index (χ1n) is 8.94. The number of carbonyl (C=O) groups is 1. The molecule has 0 spiro atoms. The van der Waals surface area contributed by atoms with E-state index in [1.807, 2.05) is 23.1 Å². The molecule has 1 aliphatic carbocycles. The van der Waals surface area contributed by atoms with Gasteiger partial charge in [0, 0.05) is 24.9 Å². The Bertz CT molecular complexity index is 722. The van der Waals surface area contributed by atoms with Crippen LogP contribution in [0.1, 0.15) is 36.8 Å². The second-order valence-corrected chi connectivity index (χ2v) is 6.90. The Morgan fingerprint density at radius 3 is 2.88 bits per heavy atom. The van der Waals surface area contributed by atoms with Gasteiger partial charge in [-0.05, 0) is 30.0 Å². The van der Waals surface area contributed by atoms with E-state index in [-0.39, 0.29) is 11.6 Å². The van der Waals surface area contributed by atoms with Gasteiger partial charge in [-0.3, -0.25) is 9.82 Å². The minimum atomic E-state index is -0.165. The molecule has 2 aliphatic rings. The van der Waals surface area contributed by atoms with Gasteiger partial charge in [-0.25, -0.2) is 10.3 Å². The predicted molar refractivity (Wildman–Crippen MR) is 94.3 cm³/mol. The molecular weight excluding hydrogens is 314 g/mol. The molecule has 2 atom stereocenters. The molecule has 0 unspecified atom stereocenters. The van der Waals surface area contributed by atoms with Crippen molar-refractivity contribution in [2.45, 2.75) is 37.8 Å². The number of urea groups is 1. The van der Waals surface area contributed by atoms with Crippen LogP contribution < -0.4 is 5.48 Å². The number of carbonyl (C=O) groups excluding carboxylic acids is 1. The Hall–Kier alpha value is -2.40. The van der Waals surface area contributed by atoms with Crippen LogP contribution in [0.2, 0.25) is 0 Å². The first-order chi connectivity index (χ1) is 12.3. The lowest BCUT2D eigenvalue weighted by Gasteiger charge is -2.61. The Balaban J connectivity index is 1.45. The number of nitrogens with one attached hydrogen (secondary N) is 1. The maximum Gasteiger partial charge on any atom is 0.342 e. The standard InChI is InChI=1S/C20H23N3O2/c24-19(22-25-15-16-7-6-12-21-13-16)23-14-18-10-4-5-11-20(18,23)17-8-2-1-3-9-17/h1-3,6-9,12-13,18H,4-5,10-11,14-15H2,(H,22,24)/t18-,20+/m1/s1. The SMILES string of the molecule is O=C(NOCc1cccnc1)N1C[C@H]2CCCC[C@]21c1ccccc1. The van der Waals surface area contributed by atoms with Crippen molar-refractivity contribution in [1.29, 1.82) is 0 Å². The highest BCUT2D eigenvalue weighted by Crippen LogP contribution is 2.53. The molecule has 1 aromatic heterocycles. The van der Waals surface area contributed by atoms with Crippen LogP contribution in [-0.4, -0.2) is 22.5 Å². The van der Waals surface area contributed by atoms with E-state index in [2.05, 4.69) is 34.7 Å². The zero-order valence-electron chi connectivity index (χ0n) is 14.2. The summed E-state index contributed by atoms with van der Waals surface area (Å²) < 4.78 is 0. The number of benzene rings is 1. The second-order valence-electron chi connectivity index (χ2n) is 6.90. The molecule has 0 bridgehead atoms. The van der Waals surface area contributed by atoms with Gasteiger partial charge in [0.15, 0.2) is 0 Å². The minimum Gasteiger partial charge on any atom is -0.313 e. The summed E-state index contributed by atoms with van der Waals surface area (Å²) in [5, 5.41) is 0. The summed E-state index contributed by atoms with van der Waals surface area (Å²) in [5.41, 5.74) is 4.63. The molecule has 2 aromatic rings. The fourth-order valence-electron chi connectivity index (χ4n) is 4.34. The first-order valence-corrected chi connectivity index (χ1v) is 8.94. The Labute approximate surface area is 148 Å². The predicted octanol–water partition coefficient (Wildman–Crippen LogP) is 3.62. The molecular formula is C20H23N3O2. The molecule has 0 radical (unpaired) electrons. The van der Waals surface area contributed by atoms with E-state index in [1.54, 1.807) is 12.4 Å². The third-order valence-corrected chi connectivity index (χ3v) is 5.56. The number of amides is 2. The van der Waals surface area contributed by atoms with Gasteiger partial charge in [0.05, 0.1) is 5.54 Å². The van der Waals surface area contributed by atoms with Gasteiger partial charge in [-0.2, -0.15) is 0 Å². The van der Waals surface area contributed by atoms with Crippen LogP contribution in [0.4, 0.5) is 4.79 Å². The molecule has 4 rings (SSSR count). The monoisotopic (exact) mass is 337 g/mol. The average molecular weight is 337 g/mol. The second kappa shape index (κ2) is 6.84. The molecule has 2 fully saturated rings. The molecule has 130 valence electrons. The van der Waals surface area contributed by atoms with Crippen LogP contribution in [0.15, 0.2) is 54.9 Å². The zero-order chi connectivity index (χ0) is 17.1. The zero-order valence-corrected chi connectivity index (χ0v) is 14.2. The third-order valence-electron chi connectivity index (χ3n) is 5.56. The lowest BCUT2D eigenvalue weighted by Crippen LogP contribution is -2.69. The molecule has 5 heteroatoms. The Morgan fingerprint density at radius 1 is 1.24 bits per heavy atom. The largest absolute Gasteiger partial charge is 0.342 e. The Kier molecular flexibility index (Phi) is 4.40. The lowest BCUT2D eigenvalue weighted by atomic mass is 9.62. The van der Waals surface area contributed by atoms with Crippen molar-refractivity contribution in [3.8, 4) is 0 Å². The van der Waals surface area contributed by atoms with Crippen molar-refractivity contribution >= 4 is 6.03 Å². The highest BCUT2D eigenvalue weighted by Gasteiger charge is 2.57. The van der Waals surface area contributed by atoms with Crippen molar-refractivity contribution in [3.05, 3.63) is 66.0 Å². The molecule has 1 saturated heterocycles. The summed E-state index contributed by atoms with van der Waals surface area (Å²) in [5.74, 6) is 0.549. The minimum absolute atomic E-state index is 0.147. The van der Waals surface area contributed by atoms with Gasteiger partial charge in [0.25, 0.3) is 0 Å². The third kappa shape index (κ3) is 2.89. The number of pyridine rings is 1. The topological polar surface area (TPSA) is 54.5 Å². The summed E-state index contributed by atoms with van der Waals surface area (Å²) >= 11 is 0. The molecule has 5 nitrogen and oxygen atoms in total. The van der Waals surface area contributed by atoms with Crippen LogP contribution in [-0.2, 0) is 17.0 Å². The highest BCUT2D eigenvalue weighted by molar-refractivity contribution is 5.76. The van der Waals surface area contributed by atoms with Crippen molar-refractivity contribution in [3.63, 3.8) is 0 Å². The first kappa shape index (κ1) is 16.1. The lowest BCUT2D eigenvalue weighted by molar-refractivity contribution is -0.0926. The number of hydrogen-bond donors (Lipinski definition) is 1. The summed E-state index contributed by atoms with van der Waals surface area (Å²) in [6.45, 7) is 1.12. The van der Waals surface area contributed by atoms with E-state index in [4.69, 9.17) is 4.84 Å². The van der Waals surface area contributed by atoms with Crippen LogP contribution in [0.25, 0.3) is 0 Å². The van der Waals surface area contributed by atoms with Crippen molar-refractivity contribution < 1.29 is 9.63 Å². The van der Waals surface area contributed by atoms with Gasteiger partial charge in [0.1, 0.15) is 6.61 Å². The molecule has 25 heavy (non-hydrogen) atoms. The molecule has 1 aliphatic heterocycles. The smallest absolute Gasteiger partial charge is 0.313 e. The van der Waals surface area contributed by atoms with Gasteiger partial charge in [-0.1, -0.05) is 49.2 Å². The van der Waals surface area contributed by atoms with Crippen LogP contribution in [0.3, 0.4) is 0 Å². The fraction of sp³-hybridized carbons (Fsp3) is 0.400. The maximum absolute atomic E-state index is 12.7. The molecule has 1 N–H and O–H groups in total. The summed E-state index contributed by atoms with van der Waals surface area (Å²) in [6.07, 6.45) is 8.08. The number of nitrogens with zero attached hydrogens (tertiary/aromatic N) is 2. The number of hydroxylamine groups is 1. The number of likely N-dealkylation sites (tertiary alicyclic amines) is 1. The Morgan fingerprint density at radius 2 is 2.12 bits per heavy atom. The van der Waals surface area contributed by atoms with E-state index in [9.17, 15) is 4.79 Å². The van der Waals surface area contributed by atoms with Crippen LogP contribution >= 0.6 is 0 Å². The molecule has 2 amide bonds.